The second-order valence-corrected chi connectivity index (χ2v) is 33.4. The lowest BCUT2D eigenvalue weighted by Crippen LogP contribution is -2.47. The third-order valence-electron chi connectivity index (χ3n) is 24.1. The number of fused-ring (bicyclic) bond motifs is 4. The van der Waals surface area contributed by atoms with Gasteiger partial charge in [0.05, 0.1) is 43.2 Å². The van der Waals surface area contributed by atoms with Crippen LogP contribution < -0.4 is 58.1 Å². The smallest absolute Gasteiger partial charge is 0.271 e. The molecule has 0 saturated carbocycles. The number of nitro groups is 1. The normalized spacial score (nSPS) is 17.2. The quantitative estimate of drug-likeness (QED) is 0.0349. The van der Waals surface area contributed by atoms with Gasteiger partial charge in [0.15, 0.2) is 0 Å². The number of piperazine rings is 4. The highest BCUT2D eigenvalue weighted by Crippen LogP contribution is 2.39. The molecule has 0 atom stereocenters. The van der Waals surface area contributed by atoms with Crippen molar-refractivity contribution in [3.05, 3.63) is 217 Å². The van der Waals surface area contributed by atoms with Crippen LogP contribution in [0.25, 0.3) is 0 Å². The van der Waals surface area contributed by atoms with Gasteiger partial charge in [-0.3, -0.25) is 48.9 Å². The Balaban J connectivity index is 0.000000139. The number of nitro benzene ring substituents is 1. The molecular formula is C95H118Cl3N13O10. The zero-order chi connectivity index (χ0) is 84.7. The van der Waals surface area contributed by atoms with Gasteiger partial charge in [-0.1, -0.05) is 83.3 Å². The van der Waals surface area contributed by atoms with E-state index in [1.54, 1.807) is 26.4 Å². The Morgan fingerprint density at radius 3 is 1.07 bits per heavy atom. The average Bonchev–Trinajstić information content (AvgIpc) is 0.804. The lowest BCUT2D eigenvalue weighted by molar-refractivity contribution is -0.384. The summed E-state index contributed by atoms with van der Waals surface area (Å²) in [6, 6.07) is 55.3. The van der Waals surface area contributed by atoms with Gasteiger partial charge in [-0.15, -0.1) is 0 Å². The molecule has 8 aliphatic rings. The van der Waals surface area contributed by atoms with Crippen molar-refractivity contribution < 1.29 is 43.0 Å². The Labute approximate surface area is 729 Å². The van der Waals surface area contributed by atoms with Crippen LogP contribution in [0.3, 0.4) is 0 Å². The maximum Gasteiger partial charge on any atom is 0.271 e. The minimum atomic E-state index is -0.354. The monoisotopic (exact) mass is 1710 g/mol. The number of hydrogen-bond acceptors (Lipinski definition) is 18. The number of carbonyl (C=O) groups is 4. The lowest BCUT2D eigenvalue weighted by atomic mass is 9.99. The van der Waals surface area contributed by atoms with E-state index in [-0.39, 0.29) is 40.3 Å². The molecule has 8 heterocycles. The first kappa shape index (κ1) is 88.9. The molecule has 0 aliphatic carbocycles. The fraction of sp³-hybridized carbons (Fsp3) is 0.453. The number of anilines is 8. The van der Waals surface area contributed by atoms with Crippen LogP contribution >= 0.6 is 34.8 Å². The van der Waals surface area contributed by atoms with E-state index in [1.807, 2.05) is 136 Å². The van der Waals surface area contributed by atoms with E-state index in [0.717, 1.165) is 279 Å². The zero-order valence-electron chi connectivity index (χ0n) is 70.9. The maximum absolute atomic E-state index is 12.6. The topological polar surface area (TPSA) is 187 Å². The number of carbonyl (C=O) groups excluding carboxylic acids is 4. The van der Waals surface area contributed by atoms with Crippen LogP contribution in [0.4, 0.5) is 51.2 Å². The van der Waals surface area contributed by atoms with E-state index >= 15 is 0 Å². The number of ether oxygens (including phenoxy) is 4. The van der Waals surface area contributed by atoms with Crippen molar-refractivity contribution in [1.82, 2.24) is 19.6 Å². The maximum atomic E-state index is 12.6. The summed E-state index contributed by atoms with van der Waals surface area (Å²) in [7, 11) is 3.40. The molecule has 8 aromatic rings. The lowest BCUT2D eigenvalue weighted by Gasteiger charge is -2.37. The third kappa shape index (κ3) is 23.7. The Kier molecular flexibility index (Phi) is 32.2. The molecule has 0 unspecified atom stereocenters. The summed E-state index contributed by atoms with van der Waals surface area (Å²) in [5.74, 6) is 4.46. The predicted octanol–water partition coefficient (Wildman–Crippen LogP) is 15.8. The van der Waals surface area contributed by atoms with Gasteiger partial charge in [-0.2, -0.15) is 0 Å². The molecule has 121 heavy (non-hydrogen) atoms. The molecule has 0 N–H and O–H groups in total. The van der Waals surface area contributed by atoms with Crippen LogP contribution in [0.2, 0.25) is 15.1 Å². The van der Waals surface area contributed by atoms with Crippen LogP contribution in [-0.4, -0.2) is 232 Å². The second kappa shape index (κ2) is 43.8. The summed E-state index contributed by atoms with van der Waals surface area (Å²) in [6.45, 7) is 29.4. The molecule has 0 radical (unpaired) electrons. The minimum absolute atomic E-state index is 0.126. The number of halogens is 3. The summed E-state index contributed by atoms with van der Waals surface area (Å²) in [6.07, 6.45) is 9.18. The van der Waals surface area contributed by atoms with Crippen molar-refractivity contribution in [3.63, 3.8) is 0 Å². The van der Waals surface area contributed by atoms with Crippen molar-refractivity contribution in [2.75, 3.05) is 217 Å². The summed E-state index contributed by atoms with van der Waals surface area (Å²) in [5.41, 5.74) is 13.2. The van der Waals surface area contributed by atoms with Gasteiger partial charge in [0.2, 0.25) is 23.6 Å². The highest BCUT2D eigenvalue weighted by molar-refractivity contribution is 6.32. The van der Waals surface area contributed by atoms with Crippen LogP contribution in [-0.2, 0) is 44.9 Å². The molecule has 0 spiro atoms. The van der Waals surface area contributed by atoms with Crippen LogP contribution in [0.1, 0.15) is 94.4 Å². The van der Waals surface area contributed by atoms with Crippen molar-refractivity contribution in [3.8, 4) is 23.0 Å². The van der Waals surface area contributed by atoms with Gasteiger partial charge in [0.1, 0.15) is 23.0 Å². The Morgan fingerprint density at radius 2 is 0.694 bits per heavy atom. The number of benzene rings is 8. The van der Waals surface area contributed by atoms with E-state index < -0.39 is 0 Å². The van der Waals surface area contributed by atoms with Crippen molar-refractivity contribution in [2.45, 2.75) is 104 Å². The van der Waals surface area contributed by atoms with Crippen molar-refractivity contribution in [1.29, 1.82) is 0 Å². The Bertz CT molecular complexity index is 4800. The molecule has 0 bridgehead atoms. The minimum Gasteiger partial charge on any atom is -0.497 e. The molecule has 23 nitrogen and oxygen atoms in total. The largest absolute Gasteiger partial charge is 0.497 e. The predicted molar refractivity (Wildman–Crippen MR) is 489 cm³/mol. The highest BCUT2D eigenvalue weighted by Gasteiger charge is 2.32. The van der Waals surface area contributed by atoms with Gasteiger partial charge in [-0.05, 0) is 207 Å². The SMILES string of the molecule is CCOc1cccc2c1CCC(=O)N2CCCN1CCN(c2cccc(Cl)c2)CC1.COc1cccc(N2CCN(CCCN3C(=O)CCc4c(Cl)cccc43)CC2)c1.COc1cccc2c1CCC(=O)N2CCCN1CCN(c2cccc(OC(C)C)c2)CC1.O=C1CCc2c(Cl)cccc2N1CCCN1CCN(c2cccc([N+](=O)[O-])c2)CC1. The fourth-order valence-corrected chi connectivity index (χ4v) is 18.4. The van der Waals surface area contributed by atoms with Gasteiger partial charge < -0.3 is 58.1 Å². The number of non-ortho nitro benzene ring substituents is 1. The molecule has 8 aromatic carbocycles. The van der Waals surface area contributed by atoms with Crippen molar-refractivity contribution in [2.24, 2.45) is 0 Å². The van der Waals surface area contributed by atoms with Crippen LogP contribution in [0, 0.1) is 10.1 Å². The fourth-order valence-electron chi connectivity index (χ4n) is 17.7. The first-order valence-electron chi connectivity index (χ1n) is 43.4. The number of amides is 4. The third-order valence-corrected chi connectivity index (χ3v) is 25.1. The zero-order valence-corrected chi connectivity index (χ0v) is 73.2. The number of hydrogen-bond donors (Lipinski definition) is 0. The molecule has 0 aromatic heterocycles. The molecular weight excluding hydrogens is 1590 g/mol. The summed E-state index contributed by atoms with van der Waals surface area (Å²) in [5, 5.41) is 13.3. The highest BCUT2D eigenvalue weighted by atomic mass is 35.5. The van der Waals surface area contributed by atoms with Gasteiger partial charge >= 0.3 is 0 Å². The van der Waals surface area contributed by atoms with E-state index in [0.29, 0.717) is 45.3 Å². The van der Waals surface area contributed by atoms with E-state index in [1.165, 1.54) is 28.7 Å². The molecule has 26 heteroatoms. The number of nitrogens with zero attached hydrogens (tertiary/aromatic N) is 13. The first-order valence-corrected chi connectivity index (χ1v) is 44.5. The molecule has 644 valence electrons. The molecule has 4 fully saturated rings. The first-order chi connectivity index (χ1) is 58.9. The number of rotatable bonds is 27. The van der Waals surface area contributed by atoms with Gasteiger partial charge in [0, 0.05) is 241 Å². The average molecular weight is 1710 g/mol. The van der Waals surface area contributed by atoms with Crippen LogP contribution in [0.5, 0.6) is 23.0 Å². The summed E-state index contributed by atoms with van der Waals surface area (Å²) < 4.78 is 22.5. The van der Waals surface area contributed by atoms with Gasteiger partial charge in [0.25, 0.3) is 5.69 Å². The van der Waals surface area contributed by atoms with E-state index in [9.17, 15) is 29.3 Å². The standard InChI is InChI=1S/C26H35N3O3.C24H30ClN3O2.C23H28ClN3O2.C22H25ClN4O3/c1-20(2)32-22-8-4-7-21(19-22)28-17-15-27(16-18-28)13-6-14-29-24-9-5-10-25(31-3)23(24)11-12-26(29)30;1-2-30-23-9-4-8-22-21(23)10-11-24(29)28(22)13-5-12-26-14-16-27(17-15-26)20-7-3-6-19(25)18-20;1-29-19-6-2-5-18(17-19)26-15-13-25(14-16-26)11-4-12-27-22-8-3-7-21(24)20(22)9-10-23(27)28;23-20-6-2-7-21-19(20)8-9-22(28)26(21)11-3-10-24-12-14-25(15-13-24)17-4-1-5-18(16-17)27(29)30/h4-5,7-10,19-20H,6,11-18H2,1-3H3;3-4,6-9,18H,2,5,10-17H2,1H3;2-3,5-8,17H,4,9-16H2,1H3;1-2,4-7,16H,3,8-15H2. The number of methoxy groups -OCH3 is 2. The summed E-state index contributed by atoms with van der Waals surface area (Å²) in [4.78, 5) is 87.7. The Hall–Kier alpha value is -9.85. The molecule has 4 saturated heterocycles. The second-order valence-electron chi connectivity index (χ2n) is 32.2. The molecule has 4 amide bonds. The summed E-state index contributed by atoms with van der Waals surface area (Å²) >= 11 is 18.8. The van der Waals surface area contributed by atoms with Gasteiger partial charge in [-0.25, -0.2) is 0 Å². The van der Waals surface area contributed by atoms with E-state index in [4.69, 9.17) is 53.8 Å². The van der Waals surface area contributed by atoms with Crippen LogP contribution in [0.15, 0.2) is 170 Å². The Morgan fingerprint density at radius 1 is 0.364 bits per heavy atom. The van der Waals surface area contributed by atoms with Crippen molar-refractivity contribution >= 4 is 110 Å². The molecule has 16 rings (SSSR count). The van der Waals surface area contributed by atoms with E-state index in [2.05, 4.69) is 95.5 Å². The molecule has 8 aliphatic heterocycles.